The van der Waals surface area contributed by atoms with Crippen LogP contribution in [-0.2, 0) is 21.6 Å². The Morgan fingerprint density at radius 3 is 2.57 bits per heavy atom. The summed E-state index contributed by atoms with van der Waals surface area (Å²) in [4.78, 5) is 14.5. The van der Waals surface area contributed by atoms with Gasteiger partial charge < -0.3 is 14.8 Å². The monoisotopic (exact) mass is 376 g/mol. The van der Waals surface area contributed by atoms with Crippen LogP contribution >= 0.6 is 0 Å². The summed E-state index contributed by atoms with van der Waals surface area (Å²) in [7, 11) is 0. The summed E-state index contributed by atoms with van der Waals surface area (Å²) in [6.07, 6.45) is 3.39. The van der Waals surface area contributed by atoms with Gasteiger partial charge in [0.05, 0.1) is 12.0 Å². The van der Waals surface area contributed by atoms with E-state index >= 15 is 0 Å². The molecule has 0 radical (unpaired) electrons. The molecule has 2 aromatic carbocycles. The summed E-state index contributed by atoms with van der Waals surface area (Å²) >= 11 is 0. The number of carbonyl (C=O) groups excluding carboxylic acids is 1. The van der Waals surface area contributed by atoms with E-state index in [4.69, 9.17) is 4.74 Å². The summed E-state index contributed by atoms with van der Waals surface area (Å²) in [6.45, 7) is 4.20. The van der Waals surface area contributed by atoms with E-state index in [9.17, 15) is 4.79 Å². The lowest BCUT2D eigenvalue weighted by atomic mass is 9.68. The minimum absolute atomic E-state index is 0.0377. The van der Waals surface area contributed by atoms with Gasteiger partial charge in [-0.2, -0.15) is 0 Å². The molecule has 1 N–H and O–H groups in total. The second kappa shape index (κ2) is 7.43. The lowest BCUT2D eigenvalue weighted by molar-refractivity contribution is -0.145. The molecule has 146 valence electrons. The second-order valence-corrected chi connectivity index (χ2v) is 8.46. The van der Waals surface area contributed by atoms with Crippen molar-refractivity contribution in [3.05, 3.63) is 71.3 Å². The number of likely N-dealkylation sites (tertiary alicyclic amines) is 1. The molecule has 0 aliphatic carbocycles. The summed E-state index contributed by atoms with van der Waals surface area (Å²) in [6, 6.07) is 19.4. The van der Waals surface area contributed by atoms with Crippen molar-refractivity contribution in [2.45, 2.75) is 37.0 Å². The van der Waals surface area contributed by atoms with Gasteiger partial charge in [0.25, 0.3) is 0 Å². The number of nitrogens with zero attached hydrogens (tertiary/aromatic N) is 1. The number of fused-ring (bicyclic) bond motifs is 2. The topological polar surface area (TPSA) is 41.6 Å². The molecule has 3 aliphatic rings. The average molecular weight is 377 g/mol. The van der Waals surface area contributed by atoms with Crippen LogP contribution in [0.1, 0.15) is 35.4 Å². The van der Waals surface area contributed by atoms with Gasteiger partial charge in [-0.05, 0) is 35.4 Å². The fourth-order valence-electron chi connectivity index (χ4n) is 5.66. The first-order valence-corrected chi connectivity index (χ1v) is 10.5. The molecule has 2 fully saturated rings. The van der Waals surface area contributed by atoms with Crippen LogP contribution in [0.2, 0.25) is 0 Å². The molecule has 0 aromatic heterocycles. The molecule has 0 amide bonds. The highest BCUT2D eigenvalue weighted by Crippen LogP contribution is 2.46. The number of carbonyl (C=O) groups is 1. The van der Waals surface area contributed by atoms with Crippen LogP contribution in [0.25, 0.3) is 0 Å². The Kier molecular flexibility index (Phi) is 4.79. The van der Waals surface area contributed by atoms with E-state index in [1.807, 2.05) is 0 Å². The zero-order valence-electron chi connectivity index (χ0n) is 16.2. The van der Waals surface area contributed by atoms with Gasteiger partial charge in [0.15, 0.2) is 0 Å². The van der Waals surface area contributed by atoms with Crippen LogP contribution in [-0.4, -0.2) is 43.6 Å². The summed E-state index contributed by atoms with van der Waals surface area (Å²) in [5, 5.41) is 3.49. The van der Waals surface area contributed by atoms with Crippen molar-refractivity contribution in [1.82, 2.24) is 10.2 Å². The molecule has 4 nitrogen and oxygen atoms in total. The smallest absolute Gasteiger partial charge is 0.125 e. The molecule has 2 aromatic rings. The third-order valence-electron chi connectivity index (χ3n) is 7.10. The Hall–Kier alpha value is -2.01. The van der Waals surface area contributed by atoms with Crippen molar-refractivity contribution in [1.29, 1.82) is 0 Å². The van der Waals surface area contributed by atoms with Gasteiger partial charge in [-0.3, -0.25) is 4.90 Å². The normalized spacial score (nSPS) is 31.0. The van der Waals surface area contributed by atoms with Gasteiger partial charge in [-0.1, -0.05) is 54.6 Å². The van der Waals surface area contributed by atoms with E-state index in [1.54, 1.807) is 0 Å². The maximum atomic E-state index is 12.0. The number of hydrogen-bond donors (Lipinski definition) is 1. The number of nitrogens with one attached hydrogen (secondary N) is 1. The number of aldehydes is 1. The first kappa shape index (κ1) is 18.0. The highest BCUT2D eigenvalue weighted by molar-refractivity contribution is 5.61. The lowest BCUT2D eigenvalue weighted by Gasteiger charge is -2.50. The highest BCUT2D eigenvalue weighted by atomic mass is 16.5. The molecule has 5 rings (SSSR count). The molecule has 0 saturated carbocycles. The van der Waals surface area contributed by atoms with Crippen molar-refractivity contribution in [2.75, 3.05) is 26.2 Å². The van der Waals surface area contributed by atoms with Gasteiger partial charge >= 0.3 is 0 Å². The first-order chi connectivity index (χ1) is 13.8. The minimum atomic E-state index is -0.282. The zero-order valence-corrected chi connectivity index (χ0v) is 16.2. The fourth-order valence-corrected chi connectivity index (χ4v) is 5.66. The third kappa shape index (κ3) is 2.83. The average Bonchev–Trinajstić information content (AvgIpc) is 3.19. The highest BCUT2D eigenvalue weighted by Gasteiger charge is 2.55. The van der Waals surface area contributed by atoms with Crippen LogP contribution < -0.4 is 5.32 Å². The number of ether oxygens (including phenoxy) is 1. The Bertz CT molecular complexity index is 832. The molecule has 3 atom stereocenters. The largest absolute Gasteiger partial charge is 0.357 e. The van der Waals surface area contributed by atoms with Crippen LogP contribution in [0.5, 0.6) is 0 Å². The van der Waals surface area contributed by atoms with Crippen molar-refractivity contribution in [3.63, 3.8) is 0 Å². The molecule has 28 heavy (non-hydrogen) atoms. The van der Waals surface area contributed by atoms with E-state index < -0.39 is 0 Å². The minimum Gasteiger partial charge on any atom is -0.357 e. The fraction of sp³-hybridized carbons (Fsp3) is 0.458. The number of hydrogen-bond acceptors (Lipinski definition) is 4. The van der Waals surface area contributed by atoms with Crippen LogP contribution in [0, 0.1) is 5.92 Å². The second-order valence-electron chi connectivity index (χ2n) is 8.46. The van der Waals surface area contributed by atoms with Crippen LogP contribution in [0.4, 0.5) is 0 Å². The summed E-state index contributed by atoms with van der Waals surface area (Å²) < 4.78 is 6.48. The van der Waals surface area contributed by atoms with Crippen LogP contribution in [0.15, 0.2) is 54.6 Å². The van der Waals surface area contributed by atoms with Gasteiger partial charge in [0.1, 0.15) is 12.5 Å². The molecule has 3 aliphatic heterocycles. The Morgan fingerprint density at radius 1 is 1.04 bits per heavy atom. The summed E-state index contributed by atoms with van der Waals surface area (Å²) in [5.74, 6) is 0.568. The number of benzene rings is 2. The molecular weight excluding hydrogens is 348 g/mol. The predicted octanol–water partition coefficient (Wildman–Crippen LogP) is 3.08. The van der Waals surface area contributed by atoms with E-state index in [-0.39, 0.29) is 17.6 Å². The molecule has 3 heterocycles. The van der Waals surface area contributed by atoms with Crippen molar-refractivity contribution in [2.24, 2.45) is 5.92 Å². The van der Waals surface area contributed by atoms with Gasteiger partial charge in [0, 0.05) is 32.1 Å². The molecular formula is C24H28N2O2. The van der Waals surface area contributed by atoms with Crippen molar-refractivity contribution >= 4 is 6.29 Å². The number of rotatable bonds is 3. The van der Waals surface area contributed by atoms with Crippen molar-refractivity contribution in [3.8, 4) is 0 Å². The standard InChI is InChI=1S/C24H28N2O2/c27-15-21-14-25-17-24(21)22-9-5-4-8-20(22)16-28-23(24)26-12-10-19(11-13-26)18-6-2-1-3-7-18/h1-9,15,19,21,23,25H,10-14,16-17H2/t21-,23?,24-/m0/s1. The van der Waals surface area contributed by atoms with Gasteiger partial charge in [-0.25, -0.2) is 0 Å². The predicted molar refractivity (Wildman–Crippen MR) is 109 cm³/mol. The van der Waals surface area contributed by atoms with E-state index in [0.717, 1.165) is 45.3 Å². The van der Waals surface area contributed by atoms with E-state index in [1.165, 1.54) is 16.7 Å². The first-order valence-electron chi connectivity index (χ1n) is 10.5. The Morgan fingerprint density at radius 2 is 1.79 bits per heavy atom. The van der Waals surface area contributed by atoms with E-state index in [0.29, 0.717) is 12.5 Å². The molecule has 2 saturated heterocycles. The molecule has 0 bridgehead atoms. The quantitative estimate of drug-likeness (QED) is 0.836. The lowest BCUT2D eigenvalue weighted by Crippen LogP contribution is -2.60. The van der Waals surface area contributed by atoms with Gasteiger partial charge in [0.2, 0.25) is 0 Å². The molecule has 4 heteroatoms. The Labute approximate surface area is 166 Å². The van der Waals surface area contributed by atoms with E-state index in [2.05, 4.69) is 64.8 Å². The van der Waals surface area contributed by atoms with Crippen LogP contribution in [0.3, 0.4) is 0 Å². The summed E-state index contributed by atoms with van der Waals surface area (Å²) in [5.41, 5.74) is 3.70. The third-order valence-corrected chi connectivity index (χ3v) is 7.10. The van der Waals surface area contributed by atoms with Gasteiger partial charge in [-0.15, -0.1) is 0 Å². The molecule has 1 spiro atoms. The maximum absolute atomic E-state index is 12.0. The Balaban J connectivity index is 1.43. The maximum Gasteiger partial charge on any atom is 0.125 e. The van der Waals surface area contributed by atoms with Crippen molar-refractivity contribution < 1.29 is 9.53 Å². The zero-order chi connectivity index (χ0) is 19.0. The molecule has 1 unspecified atom stereocenters. The number of piperidine rings is 1. The SMILES string of the molecule is O=C[C@@H]1CNC[C@@]12c1ccccc1COC2N1CCC(c2ccccc2)CC1.